The molecule has 0 radical (unpaired) electrons. The van der Waals surface area contributed by atoms with E-state index in [4.69, 9.17) is 8.83 Å². The van der Waals surface area contributed by atoms with E-state index in [9.17, 15) is 0 Å². The van der Waals surface area contributed by atoms with Gasteiger partial charge in [-0.15, -0.1) is 10.2 Å². The Morgan fingerprint density at radius 2 is 1.90 bits per heavy atom. The fourth-order valence-electron chi connectivity index (χ4n) is 1.83. The average molecular weight is 349 g/mol. The number of benzene rings is 1. The van der Waals surface area contributed by atoms with E-state index in [1.165, 1.54) is 0 Å². The molecule has 1 aromatic carbocycles. The van der Waals surface area contributed by atoms with Crippen molar-refractivity contribution in [3.05, 3.63) is 52.5 Å². The molecule has 3 rings (SSSR count). The van der Waals surface area contributed by atoms with Crippen LogP contribution in [0.3, 0.4) is 0 Å². The summed E-state index contributed by atoms with van der Waals surface area (Å²) in [5.41, 5.74) is 0.875. The van der Waals surface area contributed by atoms with Crippen LogP contribution in [0.2, 0.25) is 0 Å². The number of nitrogens with one attached hydrogen (secondary N) is 1. The molecule has 7 heteroatoms. The van der Waals surface area contributed by atoms with E-state index in [2.05, 4.69) is 36.4 Å². The summed E-state index contributed by atoms with van der Waals surface area (Å²) >= 11 is 3.46. The van der Waals surface area contributed by atoms with Gasteiger partial charge in [-0.1, -0.05) is 12.1 Å². The Kier molecular flexibility index (Phi) is 4.12. The van der Waals surface area contributed by atoms with Gasteiger partial charge in [-0.2, -0.15) is 0 Å². The van der Waals surface area contributed by atoms with Crippen LogP contribution in [0, 0.1) is 6.92 Å². The first kappa shape index (κ1) is 14.0. The molecule has 2 heterocycles. The van der Waals surface area contributed by atoms with Gasteiger partial charge in [0.1, 0.15) is 5.76 Å². The van der Waals surface area contributed by atoms with Gasteiger partial charge in [0.05, 0.1) is 24.8 Å². The highest BCUT2D eigenvalue weighted by atomic mass is 79.9. The minimum absolute atomic E-state index is 0.457. The summed E-state index contributed by atoms with van der Waals surface area (Å²) < 4.78 is 11.9. The first-order valence-electron chi connectivity index (χ1n) is 6.41. The summed E-state index contributed by atoms with van der Waals surface area (Å²) in [7, 11) is 0. The molecule has 0 atom stereocenters. The van der Waals surface area contributed by atoms with E-state index in [0.717, 1.165) is 15.8 Å². The Morgan fingerprint density at radius 3 is 2.67 bits per heavy atom. The van der Waals surface area contributed by atoms with Crippen molar-refractivity contribution in [1.82, 2.24) is 20.5 Å². The maximum Gasteiger partial charge on any atom is 0.248 e. The molecule has 6 nitrogen and oxygen atoms in total. The maximum atomic E-state index is 5.63. The minimum atomic E-state index is 0.457. The molecule has 2 aromatic heterocycles. The Bertz CT molecular complexity index is 738. The molecule has 0 unspecified atom stereocenters. The fourth-order valence-corrected chi connectivity index (χ4v) is 2.28. The van der Waals surface area contributed by atoms with Crippen LogP contribution >= 0.6 is 15.9 Å². The first-order chi connectivity index (χ1) is 10.2. The number of hydrogen-bond donors (Lipinski definition) is 1. The number of oxazole rings is 1. The Labute approximate surface area is 129 Å². The summed E-state index contributed by atoms with van der Waals surface area (Å²) in [6, 6.07) is 7.71. The van der Waals surface area contributed by atoms with Crippen LogP contribution in [0.1, 0.15) is 17.5 Å². The second-order valence-electron chi connectivity index (χ2n) is 4.45. The molecule has 0 bridgehead atoms. The molecule has 1 N–H and O–H groups in total. The van der Waals surface area contributed by atoms with Crippen molar-refractivity contribution in [1.29, 1.82) is 0 Å². The predicted octanol–water partition coefficient (Wildman–Crippen LogP) is 3.09. The molecular formula is C14H13BrN4O2. The zero-order chi connectivity index (χ0) is 14.7. The lowest BCUT2D eigenvalue weighted by Crippen LogP contribution is -2.13. The smallest absolute Gasteiger partial charge is 0.248 e. The monoisotopic (exact) mass is 348 g/mol. The van der Waals surface area contributed by atoms with Gasteiger partial charge in [0.25, 0.3) is 0 Å². The van der Waals surface area contributed by atoms with Gasteiger partial charge in [-0.25, -0.2) is 4.98 Å². The van der Waals surface area contributed by atoms with Crippen molar-refractivity contribution in [3.63, 3.8) is 0 Å². The third-order valence-corrected chi connectivity index (χ3v) is 3.48. The van der Waals surface area contributed by atoms with Crippen molar-refractivity contribution >= 4 is 15.9 Å². The van der Waals surface area contributed by atoms with Crippen molar-refractivity contribution in [2.75, 3.05) is 0 Å². The molecule has 3 aromatic rings. The van der Waals surface area contributed by atoms with Gasteiger partial charge in [0.15, 0.2) is 0 Å². The molecule has 0 fully saturated rings. The summed E-state index contributed by atoms with van der Waals surface area (Å²) in [6.45, 7) is 2.83. The topological polar surface area (TPSA) is 77.0 Å². The number of rotatable bonds is 5. The summed E-state index contributed by atoms with van der Waals surface area (Å²) in [5.74, 6) is 2.44. The Hall–Kier alpha value is -1.99. The molecule has 108 valence electrons. The third kappa shape index (κ3) is 3.37. The molecule has 0 amide bonds. The molecular weight excluding hydrogens is 336 g/mol. The summed E-state index contributed by atoms with van der Waals surface area (Å²) in [6.07, 6.45) is 1.69. The van der Waals surface area contributed by atoms with Crippen molar-refractivity contribution in [2.45, 2.75) is 20.0 Å². The number of halogens is 1. The first-order valence-corrected chi connectivity index (χ1v) is 7.21. The second kappa shape index (κ2) is 6.19. The lowest BCUT2D eigenvalue weighted by molar-refractivity contribution is 0.428. The van der Waals surface area contributed by atoms with E-state index < -0.39 is 0 Å². The van der Waals surface area contributed by atoms with Gasteiger partial charge >= 0.3 is 0 Å². The van der Waals surface area contributed by atoms with Crippen molar-refractivity contribution < 1.29 is 8.83 Å². The zero-order valence-corrected chi connectivity index (χ0v) is 12.9. The van der Waals surface area contributed by atoms with Gasteiger partial charge in [0, 0.05) is 4.47 Å². The maximum absolute atomic E-state index is 5.63. The third-order valence-electron chi connectivity index (χ3n) is 2.79. The van der Waals surface area contributed by atoms with E-state index in [0.29, 0.717) is 30.8 Å². The molecule has 0 aliphatic heterocycles. The largest absolute Gasteiger partial charge is 0.445 e. The lowest BCUT2D eigenvalue weighted by atomic mass is 10.2. The van der Waals surface area contributed by atoms with Gasteiger partial charge in [0.2, 0.25) is 17.7 Å². The second-order valence-corrected chi connectivity index (χ2v) is 5.30. The Morgan fingerprint density at radius 1 is 1.10 bits per heavy atom. The highest BCUT2D eigenvalue weighted by molar-refractivity contribution is 9.10. The van der Waals surface area contributed by atoms with Crippen LogP contribution in [0.25, 0.3) is 11.5 Å². The van der Waals surface area contributed by atoms with Crippen molar-refractivity contribution in [3.8, 4) is 11.5 Å². The highest BCUT2D eigenvalue weighted by Crippen LogP contribution is 2.26. The van der Waals surface area contributed by atoms with E-state index in [1.807, 2.05) is 31.2 Å². The summed E-state index contributed by atoms with van der Waals surface area (Å²) in [4.78, 5) is 4.11. The summed E-state index contributed by atoms with van der Waals surface area (Å²) in [5, 5.41) is 11.2. The molecule has 0 aliphatic rings. The van der Waals surface area contributed by atoms with E-state index >= 15 is 0 Å². The van der Waals surface area contributed by atoms with Gasteiger partial charge < -0.3 is 14.2 Å². The van der Waals surface area contributed by atoms with E-state index in [1.54, 1.807) is 6.20 Å². The fraction of sp³-hybridized carbons (Fsp3) is 0.214. The average Bonchev–Trinajstić information content (AvgIpc) is 3.09. The normalized spacial score (nSPS) is 11.0. The quantitative estimate of drug-likeness (QED) is 0.763. The number of aromatic nitrogens is 3. The lowest BCUT2D eigenvalue weighted by Gasteiger charge is -1.98. The minimum Gasteiger partial charge on any atom is -0.445 e. The van der Waals surface area contributed by atoms with Gasteiger partial charge in [-0.05, 0) is 35.0 Å². The molecule has 0 spiro atoms. The highest BCUT2D eigenvalue weighted by Gasteiger charge is 2.11. The van der Waals surface area contributed by atoms with E-state index in [-0.39, 0.29) is 0 Å². The van der Waals surface area contributed by atoms with Crippen LogP contribution in [0.5, 0.6) is 0 Å². The molecule has 0 saturated heterocycles. The molecule has 0 aliphatic carbocycles. The van der Waals surface area contributed by atoms with Crippen LogP contribution in [-0.2, 0) is 13.1 Å². The van der Waals surface area contributed by atoms with Crippen LogP contribution in [0.15, 0.2) is 43.8 Å². The molecule has 21 heavy (non-hydrogen) atoms. The van der Waals surface area contributed by atoms with Gasteiger partial charge in [-0.3, -0.25) is 0 Å². The number of hydrogen-bond acceptors (Lipinski definition) is 6. The molecule has 0 saturated carbocycles. The Balaban J connectivity index is 1.62. The van der Waals surface area contributed by atoms with Crippen molar-refractivity contribution in [2.24, 2.45) is 0 Å². The SMILES string of the molecule is Cc1cnc(CNCc2nnc(-c3ccccc3Br)o2)o1. The van der Waals surface area contributed by atoms with Crippen LogP contribution in [-0.4, -0.2) is 15.2 Å². The standard InChI is InChI=1S/C14H13BrN4O2/c1-9-6-17-12(20-9)7-16-8-13-18-19-14(21-13)10-4-2-3-5-11(10)15/h2-6,16H,7-8H2,1H3. The number of nitrogens with zero attached hydrogens (tertiary/aromatic N) is 3. The van der Waals surface area contributed by atoms with Crippen LogP contribution in [0.4, 0.5) is 0 Å². The van der Waals surface area contributed by atoms with Crippen LogP contribution < -0.4 is 5.32 Å². The number of aryl methyl sites for hydroxylation is 1. The zero-order valence-electron chi connectivity index (χ0n) is 11.3. The predicted molar refractivity (Wildman–Crippen MR) is 79.2 cm³/mol.